The van der Waals surface area contributed by atoms with Gasteiger partial charge in [-0.1, -0.05) is 0 Å². The second kappa shape index (κ2) is 2.98. The molecule has 0 bridgehead atoms. The number of nitrogens with zero attached hydrogens (tertiary/aromatic N) is 1. The number of hydrogen-bond acceptors (Lipinski definition) is 3. The van der Waals surface area contributed by atoms with E-state index in [0.29, 0.717) is 0 Å². The van der Waals surface area contributed by atoms with Crippen LogP contribution in [0.15, 0.2) is 0 Å². The quantitative estimate of drug-likeness (QED) is 0.532. The van der Waals surface area contributed by atoms with Crippen molar-refractivity contribution < 1.29 is 0 Å². The highest BCUT2D eigenvalue weighted by atomic mass is 14.5. The highest BCUT2D eigenvalue weighted by Crippen LogP contribution is 1.97. The minimum atomic E-state index is -0.606. The minimum Gasteiger partial charge on any atom is -0.308 e. The molecule has 0 atom stereocenters. The molecule has 0 saturated heterocycles. The van der Waals surface area contributed by atoms with E-state index in [1.165, 1.54) is 13.8 Å². The summed E-state index contributed by atoms with van der Waals surface area (Å²) in [6, 6.07) is 1.85. The average Bonchev–Trinajstić information content (AvgIpc) is 1.64. The summed E-state index contributed by atoms with van der Waals surface area (Å²) in [7, 11) is 0. The molecule has 0 fully saturated rings. The Labute approximate surface area is 54.3 Å². The van der Waals surface area contributed by atoms with Crippen molar-refractivity contribution in [3.05, 3.63) is 0 Å². The molecule has 2 N–H and O–H groups in total. The van der Waals surface area contributed by atoms with Gasteiger partial charge < -0.3 is 10.8 Å². The monoisotopic (exact) mass is 123 g/mol. The van der Waals surface area contributed by atoms with Crippen molar-refractivity contribution in [3.63, 3.8) is 0 Å². The van der Waals surface area contributed by atoms with E-state index in [2.05, 4.69) is 0 Å². The molecule has 3 nitrogen and oxygen atoms in total. The summed E-state index contributed by atoms with van der Waals surface area (Å²) in [5.74, 6) is -0.606. The first kappa shape index (κ1) is 7.83. The largest absolute Gasteiger partial charge is 0.308 e. The van der Waals surface area contributed by atoms with Crippen LogP contribution in [0.2, 0.25) is 0 Å². The molecule has 0 aromatic rings. The maximum absolute atomic E-state index is 8.34. The van der Waals surface area contributed by atoms with E-state index in [9.17, 15) is 0 Å². The highest BCUT2D eigenvalue weighted by molar-refractivity contribution is 6.05. The molecule has 0 aliphatic heterocycles. The van der Waals surface area contributed by atoms with Gasteiger partial charge in [0.05, 0.1) is 6.07 Å². The Kier molecular flexibility index (Phi) is 2.59. The maximum atomic E-state index is 8.34. The van der Waals surface area contributed by atoms with Crippen LogP contribution in [0.3, 0.4) is 0 Å². The molecule has 0 aromatic heterocycles. The van der Waals surface area contributed by atoms with Gasteiger partial charge in [0.25, 0.3) is 0 Å². The molecule has 0 spiro atoms. The van der Waals surface area contributed by atoms with Crippen molar-refractivity contribution in [2.75, 3.05) is 0 Å². The third-order valence-electron chi connectivity index (χ3n) is 0.995. The van der Waals surface area contributed by atoms with Crippen LogP contribution >= 0.6 is 0 Å². The van der Waals surface area contributed by atoms with Crippen molar-refractivity contribution in [1.82, 2.24) is 0 Å². The fraction of sp³-hybridized carbons (Fsp3) is 0.500. The van der Waals surface area contributed by atoms with Crippen molar-refractivity contribution in [1.29, 1.82) is 16.1 Å². The Morgan fingerprint density at radius 2 is 1.67 bits per heavy atom. The fourth-order valence-electron chi connectivity index (χ4n) is 0.518. The predicted molar refractivity (Wildman–Crippen MR) is 35.9 cm³/mol. The minimum absolute atomic E-state index is 0.241. The van der Waals surface area contributed by atoms with Crippen LogP contribution in [0.25, 0.3) is 0 Å². The van der Waals surface area contributed by atoms with Gasteiger partial charge in [-0.2, -0.15) is 5.26 Å². The van der Waals surface area contributed by atoms with Crippen LogP contribution in [-0.2, 0) is 0 Å². The first-order chi connectivity index (χ1) is 4.09. The van der Waals surface area contributed by atoms with E-state index in [0.717, 1.165) is 0 Å². The standard InChI is InChI=1S/C6H9N3/c1-4(8)6(3-7)5(2)9/h6,8-9H,1-2H3. The van der Waals surface area contributed by atoms with Gasteiger partial charge >= 0.3 is 0 Å². The zero-order chi connectivity index (χ0) is 7.44. The Morgan fingerprint density at radius 3 is 1.67 bits per heavy atom. The number of nitrogens with one attached hydrogen (secondary N) is 2. The molecule has 0 aliphatic carbocycles. The highest BCUT2D eigenvalue weighted by Gasteiger charge is 2.10. The van der Waals surface area contributed by atoms with Gasteiger partial charge in [-0.25, -0.2) is 0 Å². The third-order valence-corrected chi connectivity index (χ3v) is 0.995. The Balaban J connectivity index is 4.22. The zero-order valence-corrected chi connectivity index (χ0v) is 5.52. The van der Waals surface area contributed by atoms with Gasteiger partial charge in [-0.3, -0.25) is 0 Å². The summed E-state index contributed by atoms with van der Waals surface area (Å²) < 4.78 is 0. The summed E-state index contributed by atoms with van der Waals surface area (Å²) in [6.45, 7) is 3.07. The summed E-state index contributed by atoms with van der Waals surface area (Å²) in [5.41, 5.74) is 0.481. The Hall–Kier alpha value is -1.17. The van der Waals surface area contributed by atoms with E-state index in [1.54, 1.807) is 0 Å². The molecule has 0 aromatic carbocycles. The first-order valence-electron chi connectivity index (χ1n) is 2.59. The molecule has 0 saturated carbocycles. The normalized spacial score (nSPS) is 11.7. The first-order valence-corrected chi connectivity index (χ1v) is 2.59. The molecule has 3 heteroatoms. The van der Waals surface area contributed by atoms with Crippen LogP contribution in [0.1, 0.15) is 13.8 Å². The van der Waals surface area contributed by atoms with Gasteiger partial charge in [-0.15, -0.1) is 0 Å². The Morgan fingerprint density at radius 1 is 1.33 bits per heavy atom. The van der Waals surface area contributed by atoms with E-state index < -0.39 is 5.92 Å². The number of nitriles is 1. The van der Waals surface area contributed by atoms with Crippen LogP contribution in [0, 0.1) is 28.1 Å². The van der Waals surface area contributed by atoms with Crippen LogP contribution in [-0.4, -0.2) is 11.4 Å². The fourth-order valence-corrected chi connectivity index (χ4v) is 0.518. The van der Waals surface area contributed by atoms with Gasteiger partial charge in [0.15, 0.2) is 0 Å². The SMILES string of the molecule is CC(=N)C(C#N)C(C)=N. The summed E-state index contributed by atoms with van der Waals surface area (Å²) in [5, 5.41) is 22.4. The lowest BCUT2D eigenvalue weighted by Gasteiger charge is -2.01. The summed E-state index contributed by atoms with van der Waals surface area (Å²) >= 11 is 0. The molecule has 0 amide bonds. The molecule has 0 rings (SSSR count). The van der Waals surface area contributed by atoms with Gasteiger partial charge in [-0.05, 0) is 13.8 Å². The molecule has 0 heterocycles. The van der Waals surface area contributed by atoms with E-state index in [-0.39, 0.29) is 11.4 Å². The van der Waals surface area contributed by atoms with E-state index in [1.807, 2.05) is 6.07 Å². The van der Waals surface area contributed by atoms with Gasteiger partial charge in [0.1, 0.15) is 5.92 Å². The van der Waals surface area contributed by atoms with Crippen molar-refractivity contribution in [2.45, 2.75) is 13.8 Å². The van der Waals surface area contributed by atoms with Gasteiger partial charge in [0, 0.05) is 11.4 Å². The molecule has 9 heavy (non-hydrogen) atoms. The van der Waals surface area contributed by atoms with Crippen molar-refractivity contribution >= 4 is 11.4 Å². The molecule has 0 radical (unpaired) electrons. The molecule has 48 valence electrons. The Bertz CT molecular complexity index is 161. The second-order valence-corrected chi connectivity index (χ2v) is 1.93. The van der Waals surface area contributed by atoms with Crippen LogP contribution < -0.4 is 0 Å². The molecule has 0 aliphatic rings. The van der Waals surface area contributed by atoms with Crippen molar-refractivity contribution in [2.24, 2.45) is 5.92 Å². The topological polar surface area (TPSA) is 71.5 Å². The number of hydrogen-bond donors (Lipinski definition) is 2. The van der Waals surface area contributed by atoms with E-state index >= 15 is 0 Å². The van der Waals surface area contributed by atoms with Crippen molar-refractivity contribution in [3.8, 4) is 6.07 Å². The summed E-state index contributed by atoms with van der Waals surface area (Å²) in [6.07, 6.45) is 0. The lowest BCUT2D eigenvalue weighted by molar-refractivity contribution is 1.13. The van der Waals surface area contributed by atoms with Crippen LogP contribution in [0.4, 0.5) is 0 Å². The summed E-state index contributed by atoms with van der Waals surface area (Å²) in [4.78, 5) is 0. The number of rotatable bonds is 2. The molecular weight excluding hydrogens is 114 g/mol. The lowest BCUT2D eigenvalue weighted by atomic mass is 10.0. The predicted octanol–water partition coefficient (Wildman–Crippen LogP) is 1.21. The second-order valence-electron chi connectivity index (χ2n) is 1.93. The van der Waals surface area contributed by atoms with Crippen LogP contribution in [0.5, 0.6) is 0 Å². The molecule has 0 unspecified atom stereocenters. The maximum Gasteiger partial charge on any atom is 0.121 e. The zero-order valence-electron chi connectivity index (χ0n) is 5.52. The van der Waals surface area contributed by atoms with Gasteiger partial charge in [0.2, 0.25) is 0 Å². The third kappa shape index (κ3) is 2.04. The lowest BCUT2D eigenvalue weighted by Crippen LogP contribution is -2.15. The smallest absolute Gasteiger partial charge is 0.121 e. The van der Waals surface area contributed by atoms with E-state index in [4.69, 9.17) is 16.1 Å². The average molecular weight is 123 g/mol. The molecular formula is C6H9N3.